The van der Waals surface area contributed by atoms with Gasteiger partial charge in [0.15, 0.2) is 11.5 Å². The first-order valence-corrected chi connectivity index (χ1v) is 7.86. The maximum absolute atomic E-state index is 11.9. The number of methoxy groups -OCH3 is 3. The van der Waals surface area contributed by atoms with Gasteiger partial charge in [-0.1, -0.05) is 0 Å². The fraction of sp³-hybridized carbons (Fsp3) is 0.462. The second-order valence-corrected chi connectivity index (χ2v) is 6.01. The zero-order valence-corrected chi connectivity index (χ0v) is 13.0. The molecule has 0 bridgehead atoms. The summed E-state index contributed by atoms with van der Waals surface area (Å²) < 4.78 is 40.8. The second-order valence-electron chi connectivity index (χ2n) is 4.17. The number of sulfonamides is 1. The van der Waals surface area contributed by atoms with Crippen LogP contribution in [0.4, 0.5) is 5.69 Å². The van der Waals surface area contributed by atoms with Gasteiger partial charge in [0, 0.05) is 12.5 Å². The summed E-state index contributed by atoms with van der Waals surface area (Å²) in [6, 6.07) is 4.70. The molecule has 0 aliphatic rings. The molecule has 0 saturated carbocycles. The van der Waals surface area contributed by atoms with Crippen molar-refractivity contribution in [2.75, 3.05) is 31.8 Å². The average Bonchev–Trinajstić information content (AvgIpc) is 2.46. The maximum atomic E-state index is 11.9. The molecule has 0 heterocycles. The molecule has 0 radical (unpaired) electrons. The first-order valence-electron chi connectivity index (χ1n) is 6.21. The molecule has 7 nitrogen and oxygen atoms in total. The van der Waals surface area contributed by atoms with Gasteiger partial charge in [-0.15, -0.1) is 0 Å². The number of benzene rings is 1. The highest BCUT2D eigenvalue weighted by Crippen LogP contribution is 2.30. The van der Waals surface area contributed by atoms with Crippen LogP contribution in [0.5, 0.6) is 11.5 Å². The maximum Gasteiger partial charge on any atom is 0.305 e. The lowest BCUT2D eigenvalue weighted by molar-refractivity contribution is -0.140. The van der Waals surface area contributed by atoms with E-state index in [1.807, 2.05) is 0 Å². The molecule has 0 spiro atoms. The molecule has 0 atom stereocenters. The van der Waals surface area contributed by atoms with Gasteiger partial charge in [-0.05, 0) is 18.6 Å². The Balaban J connectivity index is 2.68. The standard InChI is InChI=1S/C13H19NO6S/c1-18-11-7-6-10(9-12(11)19-2)14-21(16,17)8-4-5-13(15)20-3/h6-7,9,14H,4-5,8H2,1-3H3. The van der Waals surface area contributed by atoms with Crippen LogP contribution in [0, 0.1) is 0 Å². The molecule has 0 unspecified atom stereocenters. The smallest absolute Gasteiger partial charge is 0.305 e. The predicted octanol–water partition coefficient (Wildman–Crippen LogP) is 1.40. The van der Waals surface area contributed by atoms with Gasteiger partial charge in [-0.2, -0.15) is 0 Å². The summed E-state index contributed by atoms with van der Waals surface area (Å²) >= 11 is 0. The highest BCUT2D eigenvalue weighted by molar-refractivity contribution is 7.92. The third kappa shape index (κ3) is 5.50. The Morgan fingerprint density at radius 3 is 2.38 bits per heavy atom. The van der Waals surface area contributed by atoms with Crippen LogP contribution >= 0.6 is 0 Å². The molecule has 0 fully saturated rings. The molecule has 1 aromatic rings. The molecule has 8 heteroatoms. The van der Waals surface area contributed by atoms with E-state index < -0.39 is 16.0 Å². The molecule has 1 rings (SSSR count). The molecule has 0 aliphatic carbocycles. The van der Waals surface area contributed by atoms with Crippen LogP contribution in [-0.2, 0) is 19.6 Å². The fourth-order valence-electron chi connectivity index (χ4n) is 1.64. The van der Waals surface area contributed by atoms with Gasteiger partial charge in [0.1, 0.15) is 0 Å². The Labute approximate surface area is 124 Å². The number of esters is 1. The van der Waals surface area contributed by atoms with E-state index in [4.69, 9.17) is 9.47 Å². The van der Waals surface area contributed by atoms with Crippen LogP contribution in [0.1, 0.15) is 12.8 Å². The third-order valence-corrected chi connectivity index (χ3v) is 4.05. The minimum Gasteiger partial charge on any atom is -0.493 e. The highest BCUT2D eigenvalue weighted by Gasteiger charge is 2.13. The lowest BCUT2D eigenvalue weighted by Gasteiger charge is -2.11. The van der Waals surface area contributed by atoms with Crippen LogP contribution < -0.4 is 14.2 Å². The molecule has 0 aromatic heterocycles. The Hall–Kier alpha value is -1.96. The quantitative estimate of drug-likeness (QED) is 0.729. The van der Waals surface area contributed by atoms with Crippen LogP contribution in [0.15, 0.2) is 18.2 Å². The Morgan fingerprint density at radius 2 is 1.81 bits per heavy atom. The van der Waals surface area contributed by atoms with E-state index in [1.54, 1.807) is 12.1 Å². The average molecular weight is 317 g/mol. The van der Waals surface area contributed by atoms with Crippen LogP contribution in [0.25, 0.3) is 0 Å². The number of anilines is 1. The van der Waals surface area contributed by atoms with Gasteiger partial charge >= 0.3 is 5.97 Å². The molecule has 0 aliphatic heterocycles. The van der Waals surface area contributed by atoms with Gasteiger partial charge in [-0.25, -0.2) is 8.42 Å². The van der Waals surface area contributed by atoms with Gasteiger partial charge in [-0.3, -0.25) is 9.52 Å². The summed E-state index contributed by atoms with van der Waals surface area (Å²) in [5, 5.41) is 0. The van der Waals surface area contributed by atoms with Crippen molar-refractivity contribution in [3.05, 3.63) is 18.2 Å². The van der Waals surface area contributed by atoms with E-state index in [-0.39, 0.29) is 18.6 Å². The van der Waals surface area contributed by atoms with Crippen molar-refractivity contribution < 1.29 is 27.4 Å². The van der Waals surface area contributed by atoms with Crippen LogP contribution in [-0.4, -0.2) is 41.5 Å². The summed E-state index contributed by atoms with van der Waals surface area (Å²) in [5.41, 5.74) is 0.366. The fourth-order valence-corrected chi connectivity index (χ4v) is 2.75. The van der Waals surface area contributed by atoms with E-state index >= 15 is 0 Å². The van der Waals surface area contributed by atoms with Crippen molar-refractivity contribution >= 4 is 21.7 Å². The van der Waals surface area contributed by atoms with Crippen LogP contribution in [0.3, 0.4) is 0 Å². The van der Waals surface area contributed by atoms with E-state index in [1.165, 1.54) is 27.4 Å². The summed E-state index contributed by atoms with van der Waals surface area (Å²) in [6.07, 6.45) is 0.249. The largest absolute Gasteiger partial charge is 0.493 e. The highest BCUT2D eigenvalue weighted by atomic mass is 32.2. The number of nitrogens with one attached hydrogen (secondary N) is 1. The van der Waals surface area contributed by atoms with E-state index in [9.17, 15) is 13.2 Å². The summed E-state index contributed by atoms with van der Waals surface area (Å²) in [5.74, 6) is 0.325. The second kappa shape index (κ2) is 7.72. The normalized spacial score (nSPS) is 10.8. The van der Waals surface area contributed by atoms with Crippen molar-refractivity contribution in [2.24, 2.45) is 0 Å². The molecule has 0 saturated heterocycles. The van der Waals surface area contributed by atoms with Gasteiger partial charge in [0.2, 0.25) is 10.0 Å². The van der Waals surface area contributed by atoms with Crippen molar-refractivity contribution in [3.8, 4) is 11.5 Å². The Kier molecular flexibility index (Phi) is 6.29. The number of rotatable bonds is 8. The summed E-state index contributed by atoms with van der Waals surface area (Å²) in [7, 11) is 0.685. The van der Waals surface area contributed by atoms with Crippen molar-refractivity contribution in [3.63, 3.8) is 0 Å². The Morgan fingerprint density at radius 1 is 1.14 bits per heavy atom. The molecular formula is C13H19NO6S. The van der Waals surface area contributed by atoms with Crippen molar-refractivity contribution in [2.45, 2.75) is 12.8 Å². The predicted molar refractivity (Wildman–Crippen MR) is 78.2 cm³/mol. The monoisotopic (exact) mass is 317 g/mol. The van der Waals surface area contributed by atoms with Gasteiger partial charge < -0.3 is 14.2 Å². The minimum absolute atomic E-state index is 0.0589. The summed E-state index contributed by atoms with van der Waals surface area (Å²) in [4.78, 5) is 10.9. The van der Waals surface area contributed by atoms with Crippen molar-refractivity contribution in [1.29, 1.82) is 0 Å². The Bertz CT molecular complexity index is 584. The van der Waals surface area contributed by atoms with Crippen LogP contribution in [0.2, 0.25) is 0 Å². The van der Waals surface area contributed by atoms with Gasteiger partial charge in [0.05, 0.1) is 32.8 Å². The number of hydrogen-bond acceptors (Lipinski definition) is 6. The molecule has 0 amide bonds. The molecular weight excluding hydrogens is 298 g/mol. The minimum atomic E-state index is -3.54. The number of carbonyl (C=O) groups excluding carboxylic acids is 1. The lowest BCUT2D eigenvalue weighted by atomic mass is 10.3. The lowest BCUT2D eigenvalue weighted by Crippen LogP contribution is -2.17. The number of hydrogen-bond donors (Lipinski definition) is 1. The first-order chi connectivity index (χ1) is 9.91. The van der Waals surface area contributed by atoms with E-state index in [0.29, 0.717) is 17.2 Å². The molecule has 1 N–H and O–H groups in total. The van der Waals surface area contributed by atoms with Gasteiger partial charge in [0.25, 0.3) is 0 Å². The first kappa shape index (κ1) is 17.1. The third-order valence-electron chi connectivity index (χ3n) is 2.68. The van der Waals surface area contributed by atoms with E-state index in [0.717, 1.165) is 0 Å². The number of ether oxygens (including phenoxy) is 3. The van der Waals surface area contributed by atoms with E-state index in [2.05, 4.69) is 9.46 Å². The topological polar surface area (TPSA) is 90.9 Å². The zero-order valence-electron chi connectivity index (χ0n) is 12.2. The zero-order chi connectivity index (χ0) is 15.9. The number of carbonyl (C=O) groups is 1. The summed E-state index contributed by atoms with van der Waals surface area (Å²) in [6.45, 7) is 0. The van der Waals surface area contributed by atoms with Crippen molar-refractivity contribution in [1.82, 2.24) is 0 Å². The molecule has 118 valence electrons. The SMILES string of the molecule is COC(=O)CCCS(=O)(=O)Nc1ccc(OC)c(OC)c1. The molecule has 21 heavy (non-hydrogen) atoms. The molecule has 1 aromatic carbocycles.